The number of hydrogen-bond acceptors (Lipinski definition) is 3. The van der Waals surface area contributed by atoms with E-state index >= 15 is 0 Å². The summed E-state index contributed by atoms with van der Waals surface area (Å²) < 4.78 is 4.87. The molecule has 1 unspecified atom stereocenters. The maximum Gasteiger partial charge on any atom is 0.328 e. The van der Waals surface area contributed by atoms with Gasteiger partial charge in [-0.1, -0.05) is 53.9 Å². The van der Waals surface area contributed by atoms with Gasteiger partial charge in [0.1, 0.15) is 6.04 Å². The molecule has 1 amide bonds. The summed E-state index contributed by atoms with van der Waals surface area (Å²) in [6.45, 7) is 12.0. The van der Waals surface area contributed by atoms with Gasteiger partial charge in [0.2, 0.25) is 5.91 Å². The van der Waals surface area contributed by atoms with Crippen LogP contribution >= 0.6 is 0 Å². The molecular weight excluding hydrogens is 254 g/mol. The van der Waals surface area contributed by atoms with E-state index in [2.05, 4.69) is 26.1 Å². The number of unbranched alkanes of at least 4 members (excludes halogenated alkanes) is 2. The van der Waals surface area contributed by atoms with Crippen molar-refractivity contribution >= 4 is 11.9 Å². The zero-order chi connectivity index (χ0) is 16.0. The molecule has 118 valence electrons. The number of amides is 1. The second-order valence-corrected chi connectivity index (χ2v) is 6.72. The average Bonchev–Trinajstić information content (AvgIpc) is 2.34. The molecule has 0 aromatic carbocycles. The van der Waals surface area contributed by atoms with Crippen molar-refractivity contribution in [2.24, 2.45) is 10.8 Å². The third-order valence-electron chi connectivity index (χ3n) is 4.66. The lowest BCUT2D eigenvalue weighted by Crippen LogP contribution is -2.55. The molecule has 0 spiro atoms. The number of ether oxygens (including phenoxy) is 1. The van der Waals surface area contributed by atoms with Gasteiger partial charge in [0, 0.05) is 12.3 Å². The van der Waals surface area contributed by atoms with Crippen molar-refractivity contribution in [1.29, 1.82) is 0 Å². The van der Waals surface area contributed by atoms with Crippen molar-refractivity contribution in [1.82, 2.24) is 5.32 Å². The Kier molecular flexibility index (Phi) is 7.25. The molecule has 0 radical (unpaired) electrons. The molecule has 1 N–H and O–H groups in total. The first kappa shape index (κ1) is 18.9. The van der Waals surface area contributed by atoms with E-state index in [4.69, 9.17) is 4.74 Å². The van der Waals surface area contributed by atoms with Crippen molar-refractivity contribution in [3.63, 3.8) is 0 Å². The van der Waals surface area contributed by atoms with Crippen LogP contribution in [0.25, 0.3) is 0 Å². The predicted octanol–water partition coefficient (Wildman–Crippen LogP) is 3.30. The highest BCUT2D eigenvalue weighted by Gasteiger charge is 2.46. The zero-order valence-electron chi connectivity index (χ0n) is 14.1. The number of carbonyl (C=O) groups excluding carboxylic acids is 2. The van der Waals surface area contributed by atoms with Gasteiger partial charge >= 0.3 is 5.97 Å². The first-order valence-corrected chi connectivity index (χ1v) is 7.45. The lowest BCUT2D eigenvalue weighted by Gasteiger charge is -2.46. The molecule has 0 bridgehead atoms. The lowest BCUT2D eigenvalue weighted by atomic mass is 9.61. The summed E-state index contributed by atoms with van der Waals surface area (Å²) in [5.74, 6) is -0.591. The molecule has 4 heteroatoms. The van der Waals surface area contributed by atoms with E-state index in [9.17, 15) is 9.59 Å². The summed E-state index contributed by atoms with van der Waals surface area (Å²) in [7, 11) is 1.36. The standard InChI is InChI=1S/C16H31NO3/c1-8-9-10-11-15(3,4)16(5,6)13(14(19)20-7)17-12(2)18/h13H,8-11H2,1-7H3,(H,17,18). The van der Waals surface area contributed by atoms with Gasteiger partial charge in [-0.3, -0.25) is 4.79 Å². The summed E-state index contributed by atoms with van der Waals surface area (Å²) >= 11 is 0. The zero-order valence-corrected chi connectivity index (χ0v) is 14.1. The fourth-order valence-electron chi connectivity index (χ4n) is 2.38. The summed E-state index contributed by atoms with van der Waals surface area (Å²) in [6, 6.07) is -0.623. The molecule has 20 heavy (non-hydrogen) atoms. The molecule has 0 aliphatic rings. The van der Waals surface area contributed by atoms with Crippen LogP contribution in [0.3, 0.4) is 0 Å². The summed E-state index contributed by atoms with van der Waals surface area (Å²) in [6.07, 6.45) is 4.49. The number of hydrogen-bond donors (Lipinski definition) is 1. The molecule has 0 rings (SSSR count). The highest BCUT2D eigenvalue weighted by molar-refractivity contribution is 5.84. The number of methoxy groups -OCH3 is 1. The quantitative estimate of drug-likeness (QED) is 0.550. The largest absolute Gasteiger partial charge is 0.467 e. The SMILES string of the molecule is CCCCCC(C)(C)C(C)(C)C(NC(C)=O)C(=O)OC. The van der Waals surface area contributed by atoms with Gasteiger partial charge in [-0.15, -0.1) is 0 Å². The molecule has 1 atom stereocenters. The second-order valence-electron chi connectivity index (χ2n) is 6.72. The summed E-state index contributed by atoms with van der Waals surface area (Å²) in [4.78, 5) is 23.4. The molecule has 0 heterocycles. The van der Waals surface area contributed by atoms with Gasteiger partial charge in [0.25, 0.3) is 0 Å². The lowest BCUT2D eigenvalue weighted by molar-refractivity contribution is -0.151. The minimum atomic E-state index is -0.623. The smallest absolute Gasteiger partial charge is 0.328 e. The van der Waals surface area contributed by atoms with Crippen LogP contribution in [-0.2, 0) is 14.3 Å². The van der Waals surface area contributed by atoms with E-state index in [1.165, 1.54) is 26.9 Å². The topological polar surface area (TPSA) is 55.4 Å². The fraction of sp³-hybridized carbons (Fsp3) is 0.875. The Bertz CT molecular complexity index is 335. The monoisotopic (exact) mass is 285 g/mol. The third kappa shape index (κ3) is 4.80. The van der Waals surface area contributed by atoms with Crippen LogP contribution in [0.5, 0.6) is 0 Å². The Morgan fingerprint density at radius 2 is 1.70 bits per heavy atom. The maximum atomic E-state index is 12.0. The highest BCUT2D eigenvalue weighted by atomic mass is 16.5. The van der Waals surface area contributed by atoms with Gasteiger partial charge in [-0.25, -0.2) is 4.79 Å². The van der Waals surface area contributed by atoms with E-state index in [0.717, 1.165) is 12.8 Å². The van der Waals surface area contributed by atoms with Crippen LogP contribution in [-0.4, -0.2) is 25.0 Å². The van der Waals surface area contributed by atoms with Crippen molar-refractivity contribution < 1.29 is 14.3 Å². The van der Waals surface area contributed by atoms with E-state index in [1.54, 1.807) is 0 Å². The number of nitrogens with one attached hydrogen (secondary N) is 1. The first-order valence-electron chi connectivity index (χ1n) is 7.45. The fourth-order valence-corrected chi connectivity index (χ4v) is 2.38. The molecule has 0 aromatic rings. The third-order valence-corrected chi connectivity index (χ3v) is 4.66. The van der Waals surface area contributed by atoms with E-state index < -0.39 is 6.04 Å². The van der Waals surface area contributed by atoms with E-state index in [0.29, 0.717) is 0 Å². The molecule has 0 aliphatic heterocycles. The molecule has 4 nitrogen and oxygen atoms in total. The number of rotatable bonds is 8. The van der Waals surface area contributed by atoms with Crippen molar-refractivity contribution in [3.05, 3.63) is 0 Å². The van der Waals surface area contributed by atoms with Gasteiger partial charge in [-0.2, -0.15) is 0 Å². The molecule has 0 fully saturated rings. The molecule has 0 saturated carbocycles. The summed E-state index contributed by atoms with van der Waals surface area (Å²) in [5.41, 5.74) is -0.469. The minimum absolute atomic E-state index is 0.0799. The Morgan fingerprint density at radius 1 is 1.15 bits per heavy atom. The Hall–Kier alpha value is -1.06. The Morgan fingerprint density at radius 3 is 2.10 bits per heavy atom. The van der Waals surface area contributed by atoms with Crippen LogP contribution in [0, 0.1) is 10.8 Å². The van der Waals surface area contributed by atoms with Crippen LogP contribution in [0.1, 0.15) is 67.2 Å². The van der Waals surface area contributed by atoms with Gasteiger partial charge in [0.05, 0.1) is 7.11 Å². The number of carbonyl (C=O) groups is 2. The first-order chi connectivity index (χ1) is 9.10. The Labute approximate surface area is 123 Å². The number of esters is 1. The van der Waals surface area contributed by atoms with E-state index in [1.807, 2.05) is 13.8 Å². The maximum absolute atomic E-state index is 12.0. The van der Waals surface area contributed by atoms with Gasteiger partial charge < -0.3 is 10.1 Å². The second kappa shape index (κ2) is 7.65. The molecule has 0 saturated heterocycles. The highest BCUT2D eigenvalue weighted by Crippen LogP contribution is 2.45. The normalized spacial score (nSPS) is 13.8. The van der Waals surface area contributed by atoms with Gasteiger partial charge in [0.15, 0.2) is 0 Å². The molecular formula is C16H31NO3. The van der Waals surface area contributed by atoms with E-state index in [-0.39, 0.29) is 22.7 Å². The van der Waals surface area contributed by atoms with Crippen molar-refractivity contribution in [3.8, 4) is 0 Å². The van der Waals surface area contributed by atoms with Crippen molar-refractivity contribution in [2.75, 3.05) is 7.11 Å². The van der Waals surface area contributed by atoms with Crippen LogP contribution in [0.2, 0.25) is 0 Å². The molecule has 0 aromatic heterocycles. The average molecular weight is 285 g/mol. The van der Waals surface area contributed by atoms with Crippen molar-refractivity contribution in [2.45, 2.75) is 73.3 Å². The Balaban J connectivity index is 5.16. The summed E-state index contributed by atoms with van der Waals surface area (Å²) in [5, 5.41) is 2.75. The van der Waals surface area contributed by atoms with Crippen LogP contribution in [0.15, 0.2) is 0 Å². The molecule has 0 aliphatic carbocycles. The minimum Gasteiger partial charge on any atom is -0.467 e. The van der Waals surface area contributed by atoms with Gasteiger partial charge in [-0.05, 0) is 11.8 Å². The predicted molar refractivity (Wildman–Crippen MR) is 81.3 cm³/mol. The van der Waals surface area contributed by atoms with Crippen LogP contribution in [0.4, 0.5) is 0 Å². The van der Waals surface area contributed by atoms with Crippen LogP contribution < -0.4 is 5.32 Å².